The Balaban J connectivity index is 3.04. The molecule has 0 aliphatic heterocycles. The van der Waals surface area contributed by atoms with Crippen molar-refractivity contribution in [1.29, 1.82) is 0 Å². The molecule has 0 spiro atoms. The Bertz CT molecular complexity index is 105. The Morgan fingerprint density at radius 2 is 1.79 bits per heavy atom. The Labute approximate surface area is 88.2 Å². The molecule has 0 fully saturated rings. The molecule has 1 N–H and O–H groups in total. The van der Waals surface area contributed by atoms with Crippen LogP contribution < -0.4 is 5.32 Å². The molecular formula is C11H25NO2. The molecule has 0 radical (unpaired) electrons. The van der Waals surface area contributed by atoms with E-state index < -0.39 is 0 Å². The van der Waals surface area contributed by atoms with E-state index in [4.69, 9.17) is 9.47 Å². The van der Waals surface area contributed by atoms with Gasteiger partial charge in [-0.05, 0) is 33.2 Å². The Kier molecular flexibility index (Phi) is 10.9. The minimum absolute atomic E-state index is 0.644. The van der Waals surface area contributed by atoms with Gasteiger partial charge in [0.1, 0.15) is 0 Å². The van der Waals surface area contributed by atoms with Crippen LogP contribution in [0.5, 0.6) is 0 Å². The largest absolute Gasteiger partial charge is 0.379 e. The first-order valence-corrected chi connectivity index (χ1v) is 5.67. The van der Waals surface area contributed by atoms with Crippen molar-refractivity contribution in [2.24, 2.45) is 0 Å². The molecule has 0 aromatic rings. The highest BCUT2D eigenvalue weighted by atomic mass is 16.5. The van der Waals surface area contributed by atoms with Gasteiger partial charge in [0.05, 0.1) is 13.2 Å². The minimum atomic E-state index is 0.644. The highest BCUT2D eigenvalue weighted by Gasteiger charge is 2.01. The fraction of sp³-hybridized carbons (Fsp3) is 1.00. The van der Waals surface area contributed by atoms with Gasteiger partial charge in [-0.15, -0.1) is 0 Å². The van der Waals surface area contributed by atoms with Gasteiger partial charge in [-0.2, -0.15) is 0 Å². The summed E-state index contributed by atoms with van der Waals surface area (Å²) in [6.07, 6.45) is 3.52. The molecule has 0 saturated carbocycles. The zero-order valence-corrected chi connectivity index (χ0v) is 9.84. The molecule has 0 saturated heterocycles. The highest BCUT2D eigenvalue weighted by Crippen LogP contribution is 2.00. The van der Waals surface area contributed by atoms with E-state index in [1.54, 1.807) is 0 Å². The first-order chi connectivity index (χ1) is 6.85. The van der Waals surface area contributed by atoms with E-state index in [0.717, 1.165) is 32.8 Å². The fourth-order valence-corrected chi connectivity index (χ4v) is 1.35. The summed E-state index contributed by atoms with van der Waals surface area (Å²) in [5.41, 5.74) is 0. The van der Waals surface area contributed by atoms with E-state index >= 15 is 0 Å². The van der Waals surface area contributed by atoms with Crippen LogP contribution in [0.4, 0.5) is 0 Å². The predicted molar refractivity (Wildman–Crippen MR) is 59.7 cm³/mol. The average Bonchev–Trinajstić information content (AvgIpc) is 2.22. The summed E-state index contributed by atoms with van der Waals surface area (Å²) < 4.78 is 10.6. The van der Waals surface area contributed by atoms with Crippen LogP contribution >= 0.6 is 0 Å². The zero-order chi connectivity index (χ0) is 10.6. The van der Waals surface area contributed by atoms with E-state index in [1.165, 1.54) is 12.8 Å². The van der Waals surface area contributed by atoms with E-state index in [9.17, 15) is 0 Å². The summed E-state index contributed by atoms with van der Waals surface area (Å²) >= 11 is 0. The maximum atomic E-state index is 5.42. The number of hydrogen-bond donors (Lipinski definition) is 1. The second-order valence-electron chi connectivity index (χ2n) is 3.35. The number of hydrogen-bond acceptors (Lipinski definition) is 3. The van der Waals surface area contributed by atoms with Crippen LogP contribution in [0.3, 0.4) is 0 Å². The van der Waals surface area contributed by atoms with Crippen LogP contribution in [0.2, 0.25) is 0 Å². The van der Waals surface area contributed by atoms with Crippen LogP contribution in [-0.4, -0.2) is 39.5 Å². The van der Waals surface area contributed by atoms with Gasteiger partial charge in [0, 0.05) is 19.3 Å². The molecule has 0 aliphatic carbocycles. The molecule has 0 rings (SSSR count). The van der Waals surface area contributed by atoms with Gasteiger partial charge >= 0.3 is 0 Å². The van der Waals surface area contributed by atoms with Crippen LogP contribution in [0.15, 0.2) is 0 Å². The molecule has 3 nitrogen and oxygen atoms in total. The van der Waals surface area contributed by atoms with Gasteiger partial charge in [-0.25, -0.2) is 0 Å². The highest BCUT2D eigenvalue weighted by molar-refractivity contribution is 4.60. The summed E-state index contributed by atoms with van der Waals surface area (Å²) in [5, 5.41) is 3.28. The van der Waals surface area contributed by atoms with Crippen molar-refractivity contribution in [1.82, 2.24) is 5.32 Å². The molecule has 86 valence electrons. The quantitative estimate of drug-likeness (QED) is 0.549. The monoisotopic (exact) mass is 203 g/mol. The molecular weight excluding hydrogens is 178 g/mol. The summed E-state index contributed by atoms with van der Waals surface area (Å²) in [4.78, 5) is 0. The van der Waals surface area contributed by atoms with Crippen LogP contribution in [0.25, 0.3) is 0 Å². The number of nitrogens with one attached hydrogen (secondary N) is 1. The molecule has 0 aromatic heterocycles. The van der Waals surface area contributed by atoms with Crippen molar-refractivity contribution >= 4 is 0 Å². The maximum absolute atomic E-state index is 5.42. The van der Waals surface area contributed by atoms with Gasteiger partial charge in [-0.1, -0.05) is 6.92 Å². The SMILES string of the molecule is CCOCCOCCCC(CC)NC. The second-order valence-corrected chi connectivity index (χ2v) is 3.35. The fourth-order valence-electron chi connectivity index (χ4n) is 1.35. The molecule has 1 unspecified atom stereocenters. The van der Waals surface area contributed by atoms with Gasteiger partial charge in [0.15, 0.2) is 0 Å². The normalized spacial score (nSPS) is 13.1. The molecule has 0 heterocycles. The number of rotatable bonds is 10. The molecule has 0 aliphatic rings. The van der Waals surface area contributed by atoms with Gasteiger partial charge in [0.25, 0.3) is 0 Å². The van der Waals surface area contributed by atoms with Gasteiger partial charge in [0.2, 0.25) is 0 Å². The van der Waals surface area contributed by atoms with Crippen molar-refractivity contribution in [3.05, 3.63) is 0 Å². The van der Waals surface area contributed by atoms with Gasteiger partial charge < -0.3 is 14.8 Å². The lowest BCUT2D eigenvalue weighted by molar-refractivity contribution is 0.0507. The lowest BCUT2D eigenvalue weighted by atomic mass is 10.1. The smallest absolute Gasteiger partial charge is 0.0700 e. The van der Waals surface area contributed by atoms with Gasteiger partial charge in [-0.3, -0.25) is 0 Å². The Morgan fingerprint density at radius 3 is 2.36 bits per heavy atom. The average molecular weight is 203 g/mol. The topological polar surface area (TPSA) is 30.5 Å². The maximum Gasteiger partial charge on any atom is 0.0700 e. The summed E-state index contributed by atoms with van der Waals surface area (Å²) in [5.74, 6) is 0. The predicted octanol–water partition coefficient (Wildman–Crippen LogP) is 1.82. The third-order valence-corrected chi connectivity index (χ3v) is 2.32. The van der Waals surface area contributed by atoms with Crippen LogP contribution in [0.1, 0.15) is 33.1 Å². The first-order valence-electron chi connectivity index (χ1n) is 5.67. The van der Waals surface area contributed by atoms with Crippen molar-refractivity contribution in [3.63, 3.8) is 0 Å². The third-order valence-electron chi connectivity index (χ3n) is 2.32. The van der Waals surface area contributed by atoms with Crippen molar-refractivity contribution in [3.8, 4) is 0 Å². The second kappa shape index (κ2) is 11.0. The lowest BCUT2D eigenvalue weighted by Gasteiger charge is -2.13. The Hall–Kier alpha value is -0.120. The molecule has 3 heteroatoms. The van der Waals surface area contributed by atoms with Crippen molar-refractivity contribution in [2.75, 3.05) is 33.5 Å². The molecule has 0 bridgehead atoms. The van der Waals surface area contributed by atoms with E-state index in [0.29, 0.717) is 6.04 Å². The van der Waals surface area contributed by atoms with Crippen molar-refractivity contribution < 1.29 is 9.47 Å². The zero-order valence-electron chi connectivity index (χ0n) is 9.84. The minimum Gasteiger partial charge on any atom is -0.379 e. The lowest BCUT2D eigenvalue weighted by Crippen LogP contribution is -2.24. The van der Waals surface area contributed by atoms with Crippen LogP contribution in [0, 0.1) is 0 Å². The van der Waals surface area contributed by atoms with Crippen LogP contribution in [-0.2, 0) is 9.47 Å². The number of ether oxygens (including phenoxy) is 2. The Morgan fingerprint density at radius 1 is 1.07 bits per heavy atom. The molecule has 0 amide bonds. The standard InChI is InChI=1S/C11H25NO2/c1-4-11(12-3)7-6-8-14-10-9-13-5-2/h11-12H,4-10H2,1-3H3. The third kappa shape index (κ3) is 8.48. The summed E-state index contributed by atoms with van der Waals surface area (Å²) in [6.45, 7) is 7.28. The van der Waals surface area contributed by atoms with E-state index in [2.05, 4.69) is 12.2 Å². The molecule has 14 heavy (non-hydrogen) atoms. The molecule has 0 aromatic carbocycles. The van der Waals surface area contributed by atoms with E-state index in [1.807, 2.05) is 14.0 Å². The summed E-state index contributed by atoms with van der Waals surface area (Å²) in [6, 6.07) is 0.644. The van der Waals surface area contributed by atoms with Crippen molar-refractivity contribution in [2.45, 2.75) is 39.2 Å². The first kappa shape index (κ1) is 13.9. The molecule has 1 atom stereocenters. The van der Waals surface area contributed by atoms with E-state index in [-0.39, 0.29) is 0 Å². The summed E-state index contributed by atoms with van der Waals surface area (Å²) in [7, 11) is 2.02.